The summed E-state index contributed by atoms with van der Waals surface area (Å²) in [7, 11) is -1.94. The van der Waals surface area contributed by atoms with Crippen molar-refractivity contribution in [2.75, 3.05) is 18.1 Å². The zero-order valence-corrected chi connectivity index (χ0v) is 9.87. The molecule has 0 aliphatic rings. The summed E-state index contributed by atoms with van der Waals surface area (Å²) in [5, 5.41) is 0. The van der Waals surface area contributed by atoms with Crippen molar-refractivity contribution in [3.8, 4) is 0 Å². The van der Waals surface area contributed by atoms with E-state index in [4.69, 9.17) is 0 Å². The molecular weight excluding hydrogens is 230 g/mol. The number of carbonyl (C=O) groups is 1. The third-order valence-electron chi connectivity index (χ3n) is 1.83. The number of hydrogen-bond acceptors (Lipinski definition) is 4. The summed E-state index contributed by atoms with van der Waals surface area (Å²) in [6.07, 6.45) is 1.25. The molecule has 16 heavy (non-hydrogen) atoms. The first-order chi connectivity index (χ1) is 7.40. The maximum Gasteiger partial charge on any atom is 0.309 e. The number of sulfonamides is 1. The molecule has 1 N–H and O–H groups in total. The lowest BCUT2D eigenvalue weighted by atomic mass is 10.1. The molecule has 0 atom stereocenters. The van der Waals surface area contributed by atoms with E-state index in [9.17, 15) is 13.2 Å². The Labute approximate surface area is 94.5 Å². The molecule has 1 aromatic rings. The van der Waals surface area contributed by atoms with Gasteiger partial charge in [0, 0.05) is 5.69 Å². The van der Waals surface area contributed by atoms with Crippen molar-refractivity contribution < 1.29 is 17.9 Å². The fraction of sp³-hybridized carbons (Fsp3) is 0.300. The van der Waals surface area contributed by atoms with Gasteiger partial charge in [0.2, 0.25) is 10.0 Å². The summed E-state index contributed by atoms with van der Waals surface area (Å²) >= 11 is 0. The van der Waals surface area contributed by atoms with Gasteiger partial charge in [0.1, 0.15) is 0 Å². The van der Waals surface area contributed by atoms with Crippen molar-refractivity contribution in [2.45, 2.75) is 6.42 Å². The van der Waals surface area contributed by atoms with E-state index in [-0.39, 0.29) is 12.4 Å². The number of carbonyl (C=O) groups excluding carboxylic acids is 1. The van der Waals surface area contributed by atoms with Crippen molar-refractivity contribution in [1.82, 2.24) is 0 Å². The molecule has 0 saturated heterocycles. The van der Waals surface area contributed by atoms with Crippen LogP contribution in [0.2, 0.25) is 0 Å². The number of nitrogens with one attached hydrogen (secondary N) is 1. The van der Waals surface area contributed by atoms with Gasteiger partial charge in [0.05, 0.1) is 19.8 Å². The van der Waals surface area contributed by atoms with E-state index >= 15 is 0 Å². The molecule has 0 fully saturated rings. The molecule has 0 heterocycles. The van der Waals surface area contributed by atoms with Gasteiger partial charge in [-0.3, -0.25) is 9.52 Å². The van der Waals surface area contributed by atoms with Crippen LogP contribution in [0.1, 0.15) is 5.56 Å². The molecule has 0 radical (unpaired) electrons. The van der Waals surface area contributed by atoms with Crippen LogP contribution >= 0.6 is 0 Å². The second-order valence-electron chi connectivity index (χ2n) is 3.32. The molecule has 0 saturated carbocycles. The summed E-state index contributed by atoms with van der Waals surface area (Å²) in [6, 6.07) is 6.54. The molecule has 0 aliphatic carbocycles. The third kappa shape index (κ3) is 4.31. The lowest BCUT2D eigenvalue weighted by Crippen LogP contribution is -2.09. The predicted molar refractivity (Wildman–Crippen MR) is 60.6 cm³/mol. The normalized spacial score (nSPS) is 10.9. The second kappa shape index (κ2) is 4.98. The number of rotatable bonds is 4. The van der Waals surface area contributed by atoms with Gasteiger partial charge in [-0.25, -0.2) is 8.42 Å². The number of anilines is 1. The average molecular weight is 243 g/mol. The Hall–Kier alpha value is -1.56. The van der Waals surface area contributed by atoms with E-state index in [1.54, 1.807) is 24.3 Å². The van der Waals surface area contributed by atoms with Crippen LogP contribution in [-0.4, -0.2) is 27.8 Å². The zero-order valence-electron chi connectivity index (χ0n) is 9.06. The smallest absolute Gasteiger partial charge is 0.309 e. The van der Waals surface area contributed by atoms with Gasteiger partial charge < -0.3 is 4.74 Å². The quantitative estimate of drug-likeness (QED) is 0.793. The summed E-state index contributed by atoms with van der Waals surface area (Å²) in [5.41, 5.74) is 1.24. The molecule has 0 aliphatic heterocycles. The minimum atomic E-state index is -3.26. The van der Waals surface area contributed by atoms with Gasteiger partial charge in [-0.2, -0.15) is 0 Å². The van der Waals surface area contributed by atoms with Crippen LogP contribution in [0, 0.1) is 0 Å². The molecule has 88 valence electrons. The Morgan fingerprint density at radius 3 is 2.31 bits per heavy atom. The highest BCUT2D eigenvalue weighted by molar-refractivity contribution is 7.92. The standard InChI is InChI=1S/C10H13NO4S/c1-15-10(12)7-8-3-5-9(6-4-8)11-16(2,13)14/h3-6,11H,7H2,1-2H3. The maximum absolute atomic E-state index is 11.0. The van der Waals surface area contributed by atoms with Gasteiger partial charge >= 0.3 is 5.97 Å². The van der Waals surface area contributed by atoms with Crippen molar-refractivity contribution in [1.29, 1.82) is 0 Å². The monoisotopic (exact) mass is 243 g/mol. The van der Waals surface area contributed by atoms with Crippen molar-refractivity contribution in [2.24, 2.45) is 0 Å². The Balaban J connectivity index is 2.72. The number of benzene rings is 1. The van der Waals surface area contributed by atoms with Crippen molar-refractivity contribution in [3.63, 3.8) is 0 Å². The molecule has 0 bridgehead atoms. The number of methoxy groups -OCH3 is 1. The van der Waals surface area contributed by atoms with Gasteiger partial charge in [0.15, 0.2) is 0 Å². The Morgan fingerprint density at radius 1 is 1.31 bits per heavy atom. The molecule has 1 aromatic carbocycles. The molecule has 0 aromatic heterocycles. The van der Waals surface area contributed by atoms with Gasteiger partial charge in [-0.15, -0.1) is 0 Å². The summed E-state index contributed by atoms with van der Waals surface area (Å²) in [4.78, 5) is 11.0. The maximum atomic E-state index is 11.0. The highest BCUT2D eigenvalue weighted by atomic mass is 32.2. The van der Waals surface area contributed by atoms with Gasteiger partial charge in [0.25, 0.3) is 0 Å². The van der Waals surface area contributed by atoms with E-state index in [2.05, 4.69) is 9.46 Å². The molecule has 6 heteroatoms. The molecule has 0 spiro atoms. The van der Waals surface area contributed by atoms with E-state index in [0.29, 0.717) is 5.69 Å². The summed E-state index contributed by atoms with van der Waals surface area (Å²) < 4.78 is 28.7. The molecule has 0 amide bonds. The summed E-state index contributed by atoms with van der Waals surface area (Å²) in [6.45, 7) is 0. The van der Waals surface area contributed by atoms with Crippen LogP contribution < -0.4 is 4.72 Å². The van der Waals surface area contributed by atoms with Crippen molar-refractivity contribution in [3.05, 3.63) is 29.8 Å². The SMILES string of the molecule is COC(=O)Cc1ccc(NS(C)(=O)=O)cc1. The highest BCUT2D eigenvalue weighted by Gasteiger charge is 2.04. The first-order valence-corrected chi connectivity index (χ1v) is 6.43. The minimum absolute atomic E-state index is 0.176. The topological polar surface area (TPSA) is 72.5 Å². The fourth-order valence-electron chi connectivity index (χ4n) is 1.14. The van der Waals surface area contributed by atoms with E-state index in [0.717, 1.165) is 11.8 Å². The Bertz CT molecular complexity index is 464. The number of ether oxygens (including phenoxy) is 1. The first kappa shape index (κ1) is 12.5. The van der Waals surface area contributed by atoms with Crippen LogP contribution in [0.15, 0.2) is 24.3 Å². The largest absolute Gasteiger partial charge is 0.469 e. The Kier molecular flexibility index (Phi) is 3.89. The van der Waals surface area contributed by atoms with Crippen LogP contribution in [0.25, 0.3) is 0 Å². The molecule has 1 rings (SSSR count). The molecular formula is C10H13NO4S. The average Bonchev–Trinajstić information content (AvgIpc) is 2.18. The number of hydrogen-bond donors (Lipinski definition) is 1. The van der Waals surface area contributed by atoms with Crippen LogP contribution in [-0.2, 0) is 26.0 Å². The van der Waals surface area contributed by atoms with E-state index < -0.39 is 10.0 Å². The van der Waals surface area contributed by atoms with E-state index in [1.165, 1.54) is 7.11 Å². The summed E-state index contributed by atoms with van der Waals surface area (Å²) in [5.74, 6) is -0.330. The predicted octanol–water partition coefficient (Wildman–Crippen LogP) is 0.774. The second-order valence-corrected chi connectivity index (χ2v) is 5.07. The van der Waals surface area contributed by atoms with Crippen molar-refractivity contribution >= 4 is 21.7 Å². The van der Waals surface area contributed by atoms with Gasteiger partial charge in [-0.05, 0) is 17.7 Å². The third-order valence-corrected chi connectivity index (χ3v) is 2.44. The lowest BCUT2D eigenvalue weighted by molar-refractivity contribution is -0.139. The first-order valence-electron chi connectivity index (χ1n) is 4.54. The zero-order chi connectivity index (χ0) is 12.2. The molecule has 5 nitrogen and oxygen atoms in total. The lowest BCUT2D eigenvalue weighted by Gasteiger charge is -2.04. The van der Waals surface area contributed by atoms with E-state index in [1.807, 2.05) is 0 Å². The van der Waals surface area contributed by atoms with Crippen LogP contribution in [0.3, 0.4) is 0 Å². The highest BCUT2D eigenvalue weighted by Crippen LogP contribution is 2.11. The minimum Gasteiger partial charge on any atom is -0.469 e. The van der Waals surface area contributed by atoms with Gasteiger partial charge in [-0.1, -0.05) is 12.1 Å². The van der Waals surface area contributed by atoms with Crippen LogP contribution in [0.5, 0.6) is 0 Å². The molecule has 0 unspecified atom stereocenters. The number of esters is 1. The fourth-order valence-corrected chi connectivity index (χ4v) is 1.71. The van der Waals surface area contributed by atoms with Crippen LogP contribution in [0.4, 0.5) is 5.69 Å². The Morgan fingerprint density at radius 2 is 1.88 bits per heavy atom.